The molecule has 0 heterocycles. The van der Waals surface area contributed by atoms with Gasteiger partial charge in [0.15, 0.2) is 0 Å². The summed E-state index contributed by atoms with van der Waals surface area (Å²) in [5, 5.41) is 3.38. The van der Waals surface area contributed by atoms with Crippen molar-refractivity contribution in [1.29, 1.82) is 0 Å². The zero-order valence-corrected chi connectivity index (χ0v) is 35.1. The van der Waals surface area contributed by atoms with Crippen molar-refractivity contribution in [3.63, 3.8) is 0 Å². The van der Waals surface area contributed by atoms with Gasteiger partial charge in [-0.1, -0.05) is 5.11 Å². The Bertz CT molecular complexity index is 796. The number of hydrogen-bond donors (Lipinski definition) is 0. The van der Waals surface area contributed by atoms with Gasteiger partial charge in [-0.05, 0) is 5.53 Å². The average Bonchev–Trinajstić information content (AvgIpc) is 3.23. The smallest absolute Gasteiger partial charge is 0.0701 e. The van der Waals surface area contributed by atoms with Crippen LogP contribution in [-0.2, 0) is 85.3 Å². The minimum atomic E-state index is 0.323. The molecule has 0 spiro atoms. The summed E-state index contributed by atoms with van der Waals surface area (Å²) in [4.78, 5) is 2.65. The molecule has 0 aliphatic heterocycles. The predicted molar refractivity (Wildman–Crippen MR) is 210 cm³/mol. The second-order valence-corrected chi connectivity index (χ2v) is 11.4. The van der Waals surface area contributed by atoms with Crippen molar-refractivity contribution in [3.8, 4) is 0 Å². The van der Waals surface area contributed by atoms with Gasteiger partial charge in [0, 0.05) is 18.6 Å². The molecule has 0 aromatic heterocycles. The molecule has 0 atom stereocenters. The summed E-state index contributed by atoms with van der Waals surface area (Å²) in [5.74, 6) is 0. The van der Waals surface area contributed by atoms with Crippen molar-refractivity contribution < 1.29 is 85.3 Å². The topological polar surface area (TPSA) is 215 Å². The van der Waals surface area contributed by atoms with Gasteiger partial charge in [0.1, 0.15) is 0 Å². The molecule has 0 N–H and O–H groups in total. The van der Waals surface area contributed by atoms with Crippen LogP contribution >= 0.6 is 0 Å². The van der Waals surface area contributed by atoms with E-state index in [-0.39, 0.29) is 0 Å². The Morgan fingerprint density at radius 3 is 0.517 bits per heavy atom. The zero-order valence-electron chi connectivity index (χ0n) is 35.1. The summed E-state index contributed by atoms with van der Waals surface area (Å²) in [6.45, 7) is 17.8. The lowest BCUT2D eigenvalue weighted by Gasteiger charge is -2.09. The minimum absolute atomic E-state index is 0.323. The molecule has 0 aliphatic rings. The monoisotopic (exact) mass is 850 g/mol. The Kier molecular flexibility index (Phi) is 54.2. The van der Waals surface area contributed by atoms with Crippen molar-refractivity contribution >= 4 is 0 Å². The standard InChI is InChI=1S/C37H75N3O18/c1-41-4-5-43-8-9-45-12-13-47-16-17-49-20-21-51-24-25-53-28-29-55-32-33-57-36-37-58-35-34-56-31-30-54-27-26-52-23-22-50-19-18-48-15-14-46-11-10-44-7-6-42-3-2-39-40-38/h2-37H2,1H3. The second kappa shape index (κ2) is 55.6. The zero-order chi connectivity index (χ0) is 41.6. The average molecular weight is 850 g/mol. The van der Waals surface area contributed by atoms with Crippen LogP contribution in [0.4, 0.5) is 0 Å². The van der Waals surface area contributed by atoms with Crippen LogP contribution in [0.1, 0.15) is 0 Å². The van der Waals surface area contributed by atoms with E-state index in [9.17, 15) is 0 Å². The summed E-state index contributed by atoms with van der Waals surface area (Å²) in [7, 11) is 1.64. The maximum atomic E-state index is 8.15. The molecule has 0 aliphatic carbocycles. The minimum Gasteiger partial charge on any atom is -0.382 e. The molecule has 0 rings (SSSR count). The highest BCUT2D eigenvalue weighted by atomic mass is 16.6. The molecule has 21 heteroatoms. The predicted octanol–water partition coefficient (Wildman–Crippen LogP) is 1.23. The second-order valence-electron chi connectivity index (χ2n) is 11.4. The fraction of sp³-hybridized carbons (Fsp3) is 1.00. The Morgan fingerprint density at radius 2 is 0.379 bits per heavy atom. The number of ether oxygens (including phenoxy) is 18. The quantitative estimate of drug-likeness (QED) is 0.0364. The van der Waals surface area contributed by atoms with Gasteiger partial charge < -0.3 is 85.3 Å². The first-order valence-corrected chi connectivity index (χ1v) is 20.2. The van der Waals surface area contributed by atoms with E-state index in [0.29, 0.717) is 238 Å². The molecule has 0 aromatic carbocycles. The number of hydrogen-bond acceptors (Lipinski definition) is 19. The molecule has 0 aromatic rings. The van der Waals surface area contributed by atoms with Gasteiger partial charge in [-0.3, -0.25) is 0 Å². The Labute approximate surface area is 345 Å². The summed E-state index contributed by atoms with van der Waals surface area (Å²) in [5.41, 5.74) is 8.15. The van der Waals surface area contributed by atoms with E-state index < -0.39 is 0 Å². The molecular formula is C37H75N3O18. The first-order valence-electron chi connectivity index (χ1n) is 20.2. The van der Waals surface area contributed by atoms with E-state index in [1.807, 2.05) is 0 Å². The molecule has 0 saturated heterocycles. The molecular weight excluding hydrogens is 774 g/mol. The molecule has 0 amide bonds. The first-order chi connectivity index (χ1) is 28.9. The van der Waals surface area contributed by atoms with Gasteiger partial charge in [-0.15, -0.1) is 0 Å². The van der Waals surface area contributed by atoms with Crippen LogP contribution in [0, 0.1) is 0 Å². The molecule has 0 unspecified atom stereocenters. The van der Waals surface area contributed by atoms with Gasteiger partial charge >= 0.3 is 0 Å². The van der Waals surface area contributed by atoms with Gasteiger partial charge in [0.05, 0.1) is 231 Å². The van der Waals surface area contributed by atoms with Crippen LogP contribution in [0.5, 0.6) is 0 Å². The van der Waals surface area contributed by atoms with Gasteiger partial charge in [-0.2, -0.15) is 0 Å². The lowest BCUT2D eigenvalue weighted by atomic mass is 10.6. The SMILES string of the molecule is COCCOCCOCCOCCOCCOCCOCCOCCOCCOCCOCCOCCOCCOCCOCCOCCOCCOCCN=[N+]=[N-]. The van der Waals surface area contributed by atoms with Crippen LogP contribution < -0.4 is 0 Å². The van der Waals surface area contributed by atoms with Gasteiger partial charge in [-0.25, -0.2) is 0 Å². The molecule has 58 heavy (non-hydrogen) atoms. The molecule has 0 saturated carbocycles. The van der Waals surface area contributed by atoms with Crippen molar-refractivity contribution in [1.82, 2.24) is 0 Å². The summed E-state index contributed by atoms with van der Waals surface area (Å²) in [6, 6.07) is 0. The third-order valence-electron chi connectivity index (χ3n) is 6.78. The third kappa shape index (κ3) is 54.6. The van der Waals surface area contributed by atoms with E-state index in [4.69, 9.17) is 90.8 Å². The van der Waals surface area contributed by atoms with Crippen molar-refractivity contribution in [3.05, 3.63) is 10.4 Å². The summed E-state index contributed by atoms with van der Waals surface area (Å²) >= 11 is 0. The summed E-state index contributed by atoms with van der Waals surface area (Å²) in [6.07, 6.45) is 0. The largest absolute Gasteiger partial charge is 0.382 e. The Hall–Kier alpha value is -1.41. The molecule has 21 nitrogen and oxygen atoms in total. The highest BCUT2D eigenvalue weighted by Gasteiger charge is 1.98. The number of azide groups is 1. The maximum Gasteiger partial charge on any atom is 0.0701 e. The lowest BCUT2D eigenvalue weighted by molar-refractivity contribution is -0.0308. The van der Waals surface area contributed by atoms with Gasteiger partial charge in [0.2, 0.25) is 0 Å². The molecule has 346 valence electrons. The lowest BCUT2D eigenvalue weighted by Crippen LogP contribution is -2.16. The molecule has 0 fully saturated rings. The van der Waals surface area contributed by atoms with Crippen LogP contribution in [0.2, 0.25) is 0 Å². The fourth-order valence-electron chi connectivity index (χ4n) is 3.91. The van der Waals surface area contributed by atoms with Crippen molar-refractivity contribution in [2.45, 2.75) is 0 Å². The van der Waals surface area contributed by atoms with Gasteiger partial charge in [0.25, 0.3) is 0 Å². The normalized spacial score (nSPS) is 11.5. The number of rotatable bonds is 54. The summed E-state index contributed by atoms with van der Waals surface area (Å²) < 4.78 is 97.4. The highest BCUT2D eigenvalue weighted by Crippen LogP contribution is 1.89. The van der Waals surface area contributed by atoms with E-state index in [2.05, 4.69) is 10.0 Å². The van der Waals surface area contributed by atoms with E-state index in [1.165, 1.54) is 0 Å². The van der Waals surface area contributed by atoms with Crippen LogP contribution in [-0.4, -0.2) is 245 Å². The number of nitrogens with zero attached hydrogens (tertiary/aromatic N) is 3. The Morgan fingerprint density at radius 1 is 0.241 bits per heavy atom. The fourth-order valence-corrected chi connectivity index (χ4v) is 3.91. The maximum absolute atomic E-state index is 8.15. The van der Waals surface area contributed by atoms with Crippen molar-refractivity contribution in [2.75, 3.05) is 245 Å². The highest BCUT2D eigenvalue weighted by molar-refractivity contribution is 4.45. The first kappa shape index (κ1) is 56.6. The molecule has 0 bridgehead atoms. The third-order valence-corrected chi connectivity index (χ3v) is 6.78. The van der Waals surface area contributed by atoms with Crippen LogP contribution in [0.15, 0.2) is 5.11 Å². The van der Waals surface area contributed by atoms with Crippen molar-refractivity contribution in [2.24, 2.45) is 5.11 Å². The Balaban J connectivity index is 3.06. The van der Waals surface area contributed by atoms with Crippen LogP contribution in [0.25, 0.3) is 10.4 Å². The molecule has 0 radical (unpaired) electrons. The van der Waals surface area contributed by atoms with E-state index >= 15 is 0 Å². The van der Waals surface area contributed by atoms with Crippen LogP contribution in [0.3, 0.4) is 0 Å². The number of methoxy groups -OCH3 is 1. The van der Waals surface area contributed by atoms with E-state index in [0.717, 1.165) is 0 Å². The van der Waals surface area contributed by atoms with E-state index in [1.54, 1.807) is 7.11 Å².